The molecule has 27 heavy (non-hydrogen) atoms. The summed E-state index contributed by atoms with van der Waals surface area (Å²) in [6.45, 7) is 3.99. The summed E-state index contributed by atoms with van der Waals surface area (Å²) in [7, 11) is 1.70. The predicted molar refractivity (Wildman–Crippen MR) is 112 cm³/mol. The molecule has 1 heterocycles. The Labute approximate surface area is 165 Å². The van der Waals surface area contributed by atoms with E-state index in [1.54, 1.807) is 18.4 Å². The highest BCUT2D eigenvalue weighted by atomic mass is 32.1. The SMILES string of the molecule is Cc1cccc(C)c1NC(=O)CN(C)C(=O)c1cc2c(s1)CCCCCC2. The van der Waals surface area contributed by atoms with Crippen LogP contribution in [0.1, 0.15) is 56.9 Å². The minimum Gasteiger partial charge on any atom is -0.332 e. The largest absolute Gasteiger partial charge is 0.332 e. The van der Waals surface area contributed by atoms with Gasteiger partial charge in [-0.05, 0) is 62.3 Å². The second kappa shape index (κ2) is 8.70. The molecule has 0 saturated heterocycles. The molecule has 0 aliphatic heterocycles. The Bertz CT molecular complexity index is 795. The van der Waals surface area contributed by atoms with E-state index in [2.05, 4.69) is 5.32 Å². The van der Waals surface area contributed by atoms with Crippen molar-refractivity contribution < 1.29 is 9.59 Å². The third-order valence-electron chi connectivity index (χ3n) is 5.18. The second-order valence-corrected chi connectivity index (χ2v) is 8.59. The van der Waals surface area contributed by atoms with Crippen LogP contribution >= 0.6 is 11.3 Å². The number of rotatable bonds is 4. The van der Waals surface area contributed by atoms with Gasteiger partial charge in [0.2, 0.25) is 5.91 Å². The first-order valence-corrected chi connectivity index (χ1v) is 10.5. The Morgan fingerprint density at radius 1 is 1.07 bits per heavy atom. The number of hydrogen-bond donors (Lipinski definition) is 1. The van der Waals surface area contributed by atoms with Crippen molar-refractivity contribution in [3.8, 4) is 0 Å². The van der Waals surface area contributed by atoms with Crippen molar-refractivity contribution in [3.05, 3.63) is 50.7 Å². The van der Waals surface area contributed by atoms with Crippen molar-refractivity contribution in [2.75, 3.05) is 18.9 Å². The van der Waals surface area contributed by atoms with E-state index >= 15 is 0 Å². The van der Waals surface area contributed by atoms with Crippen molar-refractivity contribution in [1.29, 1.82) is 0 Å². The van der Waals surface area contributed by atoms with E-state index in [9.17, 15) is 9.59 Å². The minimum atomic E-state index is -0.168. The average molecular weight is 385 g/mol. The van der Waals surface area contributed by atoms with Gasteiger partial charge in [0.15, 0.2) is 0 Å². The van der Waals surface area contributed by atoms with E-state index in [0.717, 1.165) is 34.5 Å². The normalized spacial score (nSPS) is 14.0. The first kappa shape index (κ1) is 19.6. The molecule has 1 aromatic heterocycles. The van der Waals surface area contributed by atoms with Crippen LogP contribution in [0.15, 0.2) is 24.3 Å². The highest BCUT2D eigenvalue weighted by Crippen LogP contribution is 2.29. The van der Waals surface area contributed by atoms with Gasteiger partial charge in [-0.15, -0.1) is 11.3 Å². The molecule has 2 aromatic rings. The lowest BCUT2D eigenvalue weighted by Gasteiger charge is -2.17. The summed E-state index contributed by atoms with van der Waals surface area (Å²) >= 11 is 1.61. The van der Waals surface area contributed by atoms with Crippen LogP contribution in [-0.4, -0.2) is 30.3 Å². The maximum Gasteiger partial charge on any atom is 0.264 e. The number of para-hydroxylation sites is 1. The number of nitrogens with one attached hydrogen (secondary N) is 1. The van der Waals surface area contributed by atoms with Crippen LogP contribution in [0.4, 0.5) is 5.69 Å². The molecular formula is C22H28N2O2S. The van der Waals surface area contributed by atoms with Gasteiger partial charge in [-0.25, -0.2) is 0 Å². The van der Waals surface area contributed by atoms with Crippen LogP contribution in [0.5, 0.6) is 0 Å². The number of amides is 2. The lowest BCUT2D eigenvalue weighted by atomic mass is 10.00. The van der Waals surface area contributed by atoms with E-state index in [1.807, 2.05) is 38.1 Å². The van der Waals surface area contributed by atoms with Crippen LogP contribution in [0.2, 0.25) is 0 Å². The molecule has 1 aromatic carbocycles. The minimum absolute atomic E-state index is 0.0508. The molecule has 0 fully saturated rings. The van der Waals surface area contributed by atoms with Crippen LogP contribution in [0, 0.1) is 13.8 Å². The summed E-state index contributed by atoms with van der Waals surface area (Å²) < 4.78 is 0. The number of carbonyl (C=O) groups is 2. The van der Waals surface area contributed by atoms with Gasteiger partial charge in [0.1, 0.15) is 0 Å². The van der Waals surface area contributed by atoms with Crippen molar-refractivity contribution in [1.82, 2.24) is 4.90 Å². The number of anilines is 1. The zero-order valence-electron chi connectivity index (χ0n) is 16.4. The lowest BCUT2D eigenvalue weighted by molar-refractivity contribution is -0.116. The maximum atomic E-state index is 12.8. The Morgan fingerprint density at radius 2 is 1.74 bits per heavy atom. The van der Waals surface area contributed by atoms with E-state index in [1.165, 1.54) is 41.0 Å². The molecule has 4 nitrogen and oxygen atoms in total. The Hall–Kier alpha value is -2.14. The van der Waals surface area contributed by atoms with E-state index < -0.39 is 0 Å². The average Bonchev–Trinajstić information content (AvgIpc) is 2.99. The third-order valence-corrected chi connectivity index (χ3v) is 6.41. The maximum absolute atomic E-state index is 12.8. The molecule has 1 aliphatic rings. The number of benzene rings is 1. The summed E-state index contributed by atoms with van der Waals surface area (Å²) in [4.78, 5) is 28.9. The Kier molecular flexibility index (Phi) is 6.32. The summed E-state index contributed by atoms with van der Waals surface area (Å²) in [5.74, 6) is -0.235. The highest BCUT2D eigenvalue weighted by molar-refractivity contribution is 7.14. The van der Waals surface area contributed by atoms with E-state index in [0.29, 0.717) is 0 Å². The van der Waals surface area contributed by atoms with Crippen molar-refractivity contribution in [2.45, 2.75) is 52.4 Å². The van der Waals surface area contributed by atoms with Gasteiger partial charge in [0, 0.05) is 17.6 Å². The number of fused-ring (bicyclic) bond motifs is 1. The molecule has 1 N–H and O–H groups in total. The molecule has 5 heteroatoms. The number of hydrogen-bond acceptors (Lipinski definition) is 3. The summed E-state index contributed by atoms with van der Waals surface area (Å²) in [5.41, 5.74) is 4.21. The zero-order valence-corrected chi connectivity index (χ0v) is 17.2. The quantitative estimate of drug-likeness (QED) is 0.828. The second-order valence-electron chi connectivity index (χ2n) is 7.45. The molecule has 0 unspecified atom stereocenters. The Morgan fingerprint density at radius 3 is 2.44 bits per heavy atom. The molecule has 0 bridgehead atoms. The van der Waals surface area contributed by atoms with Gasteiger partial charge in [-0.3, -0.25) is 9.59 Å². The van der Waals surface area contributed by atoms with Crippen LogP contribution in [-0.2, 0) is 17.6 Å². The van der Waals surface area contributed by atoms with Gasteiger partial charge in [0.05, 0.1) is 11.4 Å². The molecule has 1 aliphatic carbocycles. The third kappa shape index (κ3) is 4.78. The molecule has 3 rings (SSSR count). The fraction of sp³-hybridized carbons (Fsp3) is 0.455. The first-order chi connectivity index (χ1) is 13.0. The molecule has 0 saturated carbocycles. The topological polar surface area (TPSA) is 49.4 Å². The molecular weight excluding hydrogens is 356 g/mol. The van der Waals surface area contributed by atoms with Gasteiger partial charge in [-0.2, -0.15) is 0 Å². The zero-order chi connectivity index (χ0) is 19.4. The highest BCUT2D eigenvalue weighted by Gasteiger charge is 2.20. The van der Waals surface area contributed by atoms with Crippen LogP contribution in [0.3, 0.4) is 0 Å². The van der Waals surface area contributed by atoms with E-state index in [4.69, 9.17) is 0 Å². The molecule has 144 valence electrons. The number of nitrogens with zero attached hydrogens (tertiary/aromatic N) is 1. The summed E-state index contributed by atoms with van der Waals surface area (Å²) in [6.07, 6.45) is 7.09. The van der Waals surface area contributed by atoms with Gasteiger partial charge in [-0.1, -0.05) is 31.0 Å². The molecule has 0 radical (unpaired) electrons. The smallest absolute Gasteiger partial charge is 0.264 e. The monoisotopic (exact) mass is 384 g/mol. The summed E-state index contributed by atoms with van der Waals surface area (Å²) in [5, 5.41) is 2.95. The number of carbonyl (C=O) groups excluding carboxylic acids is 2. The molecule has 2 amide bonds. The number of likely N-dealkylation sites (N-methyl/N-ethyl adjacent to an activating group) is 1. The van der Waals surface area contributed by atoms with Crippen molar-refractivity contribution >= 4 is 28.8 Å². The Balaban J connectivity index is 1.65. The van der Waals surface area contributed by atoms with Crippen molar-refractivity contribution in [3.63, 3.8) is 0 Å². The van der Waals surface area contributed by atoms with Gasteiger partial charge >= 0.3 is 0 Å². The number of aryl methyl sites for hydroxylation is 4. The van der Waals surface area contributed by atoms with Crippen LogP contribution in [0.25, 0.3) is 0 Å². The van der Waals surface area contributed by atoms with E-state index in [-0.39, 0.29) is 18.4 Å². The van der Waals surface area contributed by atoms with Gasteiger partial charge in [0.25, 0.3) is 5.91 Å². The summed E-state index contributed by atoms with van der Waals surface area (Å²) in [6, 6.07) is 7.96. The van der Waals surface area contributed by atoms with Gasteiger partial charge < -0.3 is 10.2 Å². The standard InChI is InChI=1S/C22H28N2O2S/c1-15-9-8-10-16(2)21(15)23-20(25)14-24(3)22(26)19-13-17-11-6-4-5-7-12-18(17)27-19/h8-10,13H,4-7,11-12,14H2,1-3H3,(H,23,25). The molecule has 0 spiro atoms. The number of thiophene rings is 1. The fourth-order valence-corrected chi connectivity index (χ4v) is 4.86. The molecule has 0 atom stereocenters. The predicted octanol–water partition coefficient (Wildman–Crippen LogP) is 4.73. The first-order valence-electron chi connectivity index (χ1n) is 9.69. The lowest BCUT2D eigenvalue weighted by Crippen LogP contribution is -2.34. The van der Waals surface area contributed by atoms with Crippen LogP contribution < -0.4 is 5.32 Å². The van der Waals surface area contributed by atoms with Crippen molar-refractivity contribution in [2.24, 2.45) is 0 Å². The fourth-order valence-electron chi connectivity index (χ4n) is 3.62.